The molecule has 1 heterocycles. The normalized spacial score (nSPS) is 31.5. The lowest BCUT2D eigenvalue weighted by Gasteiger charge is -2.39. The Hall–Kier alpha value is -0.130. The molecule has 5 heteroatoms. The second kappa shape index (κ2) is 4.80. The molecule has 1 unspecified atom stereocenters. The van der Waals surface area contributed by atoms with Gasteiger partial charge in [0.2, 0.25) is 10.0 Å². The lowest BCUT2D eigenvalue weighted by molar-refractivity contribution is 0.202. The Morgan fingerprint density at radius 2 is 1.80 bits per heavy atom. The summed E-state index contributed by atoms with van der Waals surface area (Å²) in [6.45, 7) is 5.84. The predicted molar refractivity (Wildman–Crippen MR) is 62.1 cm³/mol. The van der Waals surface area contributed by atoms with E-state index in [1.165, 1.54) is 0 Å². The summed E-state index contributed by atoms with van der Waals surface area (Å²) in [5.74, 6) is 0. The molecule has 0 amide bonds. The maximum atomic E-state index is 12.2. The van der Waals surface area contributed by atoms with Crippen molar-refractivity contribution in [3.63, 3.8) is 0 Å². The minimum absolute atomic E-state index is 0.118. The van der Waals surface area contributed by atoms with Crippen LogP contribution in [0.1, 0.15) is 40.0 Å². The van der Waals surface area contributed by atoms with Crippen LogP contribution in [-0.2, 0) is 10.0 Å². The van der Waals surface area contributed by atoms with Crippen LogP contribution in [-0.4, -0.2) is 36.6 Å². The number of piperidine rings is 1. The van der Waals surface area contributed by atoms with Gasteiger partial charge in [0.1, 0.15) is 0 Å². The molecule has 0 aromatic heterocycles. The summed E-state index contributed by atoms with van der Waals surface area (Å²) in [6.07, 6.45) is 3.03. The molecule has 0 spiro atoms. The minimum Gasteiger partial charge on any atom is -0.329 e. The number of hydrogen-bond donors (Lipinski definition) is 1. The number of nitrogens with two attached hydrogens (primary N) is 1. The Labute approximate surface area is 92.9 Å². The first kappa shape index (κ1) is 12.9. The maximum absolute atomic E-state index is 12.2. The molecule has 0 saturated carbocycles. The van der Waals surface area contributed by atoms with Crippen LogP contribution in [0.15, 0.2) is 0 Å². The summed E-state index contributed by atoms with van der Waals surface area (Å²) in [5, 5.41) is -0.472. The molecule has 1 aliphatic rings. The van der Waals surface area contributed by atoms with Gasteiger partial charge in [-0.3, -0.25) is 0 Å². The number of rotatable bonds is 3. The summed E-state index contributed by atoms with van der Waals surface area (Å²) in [7, 11) is -3.20. The zero-order valence-electron chi connectivity index (χ0n) is 9.81. The summed E-state index contributed by atoms with van der Waals surface area (Å²) in [6, 6.07) is 0.237. The maximum Gasteiger partial charge on any atom is 0.218 e. The van der Waals surface area contributed by atoms with Gasteiger partial charge in [0.15, 0.2) is 0 Å². The molecule has 0 aliphatic carbocycles. The van der Waals surface area contributed by atoms with Crippen molar-refractivity contribution in [3.05, 3.63) is 0 Å². The lowest BCUT2D eigenvalue weighted by Crippen LogP contribution is -2.51. The molecule has 15 heavy (non-hydrogen) atoms. The second-order valence-corrected chi connectivity index (χ2v) is 6.81. The summed E-state index contributed by atoms with van der Waals surface area (Å²) in [5.41, 5.74) is 5.45. The van der Waals surface area contributed by atoms with Crippen molar-refractivity contribution in [2.45, 2.75) is 57.4 Å². The van der Waals surface area contributed by atoms with Gasteiger partial charge in [-0.15, -0.1) is 0 Å². The number of nitrogens with zero attached hydrogens (tertiary/aromatic N) is 1. The van der Waals surface area contributed by atoms with Crippen LogP contribution in [0.25, 0.3) is 0 Å². The lowest BCUT2D eigenvalue weighted by atomic mass is 10.0. The van der Waals surface area contributed by atoms with Crippen molar-refractivity contribution in [1.82, 2.24) is 4.31 Å². The monoisotopic (exact) mass is 234 g/mol. The Bertz CT molecular complexity index is 293. The van der Waals surface area contributed by atoms with Crippen molar-refractivity contribution < 1.29 is 8.42 Å². The zero-order valence-corrected chi connectivity index (χ0v) is 10.6. The molecule has 1 saturated heterocycles. The van der Waals surface area contributed by atoms with Crippen molar-refractivity contribution in [1.29, 1.82) is 0 Å². The van der Waals surface area contributed by atoms with Crippen LogP contribution in [0.5, 0.6) is 0 Å². The van der Waals surface area contributed by atoms with Crippen LogP contribution in [0, 0.1) is 0 Å². The molecule has 0 aromatic carbocycles. The van der Waals surface area contributed by atoms with Crippen LogP contribution >= 0.6 is 0 Å². The van der Waals surface area contributed by atoms with Gasteiger partial charge in [-0.05, 0) is 33.6 Å². The summed E-state index contributed by atoms with van der Waals surface area (Å²) < 4.78 is 26.0. The molecular weight excluding hydrogens is 212 g/mol. The van der Waals surface area contributed by atoms with E-state index >= 15 is 0 Å². The summed E-state index contributed by atoms with van der Waals surface area (Å²) in [4.78, 5) is 0. The van der Waals surface area contributed by atoms with Gasteiger partial charge in [-0.25, -0.2) is 8.42 Å². The van der Waals surface area contributed by atoms with Gasteiger partial charge < -0.3 is 5.73 Å². The molecule has 0 radical (unpaired) electrons. The van der Waals surface area contributed by atoms with Gasteiger partial charge in [-0.1, -0.05) is 6.42 Å². The zero-order chi connectivity index (χ0) is 11.6. The highest BCUT2D eigenvalue weighted by Crippen LogP contribution is 2.27. The molecule has 90 valence electrons. The van der Waals surface area contributed by atoms with E-state index in [0.717, 1.165) is 19.3 Å². The Morgan fingerprint density at radius 3 is 2.20 bits per heavy atom. The Morgan fingerprint density at radius 1 is 1.33 bits per heavy atom. The first-order chi connectivity index (χ1) is 6.91. The van der Waals surface area contributed by atoms with Gasteiger partial charge in [0.25, 0.3) is 0 Å². The van der Waals surface area contributed by atoms with Gasteiger partial charge in [0, 0.05) is 18.6 Å². The molecule has 1 aliphatic heterocycles. The number of sulfonamides is 1. The standard InChI is InChI=1S/C10H22N2O2S/c1-8-5-4-6-9(2)12(8)15(13,14)10(3)7-11/h8-10H,4-7,11H2,1-3H3/t8-,9+,10?. The first-order valence-electron chi connectivity index (χ1n) is 5.63. The molecule has 3 atom stereocenters. The third-order valence-electron chi connectivity index (χ3n) is 3.25. The molecule has 0 aromatic rings. The molecule has 1 rings (SSSR count). The topological polar surface area (TPSA) is 63.4 Å². The van der Waals surface area contributed by atoms with E-state index < -0.39 is 15.3 Å². The highest BCUT2D eigenvalue weighted by molar-refractivity contribution is 7.89. The molecule has 0 bridgehead atoms. The van der Waals surface area contributed by atoms with E-state index in [0.29, 0.717) is 0 Å². The van der Waals surface area contributed by atoms with E-state index in [1.54, 1.807) is 11.2 Å². The molecule has 4 nitrogen and oxygen atoms in total. The highest BCUT2D eigenvalue weighted by atomic mass is 32.2. The van der Waals surface area contributed by atoms with Crippen molar-refractivity contribution in [2.24, 2.45) is 5.73 Å². The SMILES string of the molecule is CC(CN)S(=O)(=O)N1[C@H](C)CCC[C@@H]1C. The average molecular weight is 234 g/mol. The third kappa shape index (κ3) is 2.52. The van der Waals surface area contributed by atoms with Crippen LogP contribution in [0.4, 0.5) is 0 Å². The average Bonchev–Trinajstić information content (AvgIpc) is 2.15. The van der Waals surface area contributed by atoms with E-state index in [1.807, 2.05) is 13.8 Å². The summed E-state index contributed by atoms with van der Waals surface area (Å²) >= 11 is 0. The van der Waals surface area contributed by atoms with E-state index in [-0.39, 0.29) is 18.6 Å². The first-order valence-corrected chi connectivity index (χ1v) is 7.14. The quantitative estimate of drug-likeness (QED) is 0.790. The van der Waals surface area contributed by atoms with Gasteiger partial charge in [0.05, 0.1) is 5.25 Å². The van der Waals surface area contributed by atoms with Gasteiger partial charge >= 0.3 is 0 Å². The predicted octanol–water partition coefficient (Wildman–Crippen LogP) is 0.926. The van der Waals surface area contributed by atoms with E-state index in [2.05, 4.69) is 0 Å². The van der Waals surface area contributed by atoms with Crippen molar-refractivity contribution in [3.8, 4) is 0 Å². The van der Waals surface area contributed by atoms with Crippen molar-refractivity contribution in [2.75, 3.05) is 6.54 Å². The van der Waals surface area contributed by atoms with Crippen LogP contribution in [0.2, 0.25) is 0 Å². The van der Waals surface area contributed by atoms with Crippen LogP contribution in [0.3, 0.4) is 0 Å². The third-order valence-corrected chi connectivity index (χ3v) is 5.76. The van der Waals surface area contributed by atoms with Crippen molar-refractivity contribution >= 4 is 10.0 Å². The molecule has 2 N–H and O–H groups in total. The fourth-order valence-corrected chi connectivity index (χ4v) is 4.10. The largest absolute Gasteiger partial charge is 0.329 e. The van der Waals surface area contributed by atoms with E-state index in [4.69, 9.17) is 5.73 Å². The van der Waals surface area contributed by atoms with Crippen LogP contribution < -0.4 is 5.73 Å². The number of hydrogen-bond acceptors (Lipinski definition) is 3. The molecule has 1 fully saturated rings. The van der Waals surface area contributed by atoms with Gasteiger partial charge in [-0.2, -0.15) is 4.31 Å². The Kier molecular flexibility index (Phi) is 4.14. The fraction of sp³-hybridized carbons (Fsp3) is 1.00. The highest BCUT2D eigenvalue weighted by Gasteiger charge is 2.37. The fourth-order valence-electron chi connectivity index (χ4n) is 2.23. The molecular formula is C10H22N2O2S. The smallest absolute Gasteiger partial charge is 0.218 e. The minimum atomic E-state index is -3.20. The van der Waals surface area contributed by atoms with E-state index in [9.17, 15) is 8.42 Å². The Balaban J connectivity index is 2.93. The second-order valence-electron chi connectivity index (χ2n) is 4.55.